The fourth-order valence-electron chi connectivity index (χ4n) is 2.48. The number of aryl methyl sites for hydroxylation is 1. The first-order valence-electron chi connectivity index (χ1n) is 8.01. The van der Waals surface area contributed by atoms with Crippen molar-refractivity contribution in [2.45, 2.75) is 32.3 Å². The van der Waals surface area contributed by atoms with Crippen molar-refractivity contribution in [3.8, 4) is 5.75 Å². The molecule has 2 amide bonds. The molecule has 0 radical (unpaired) electrons. The largest absolute Gasteiger partial charge is 0.496 e. The van der Waals surface area contributed by atoms with Crippen LogP contribution >= 0.6 is 0 Å². The number of rotatable bonds is 9. The Bertz CT molecular complexity index is 721. The summed E-state index contributed by atoms with van der Waals surface area (Å²) >= 11 is 0. The van der Waals surface area contributed by atoms with E-state index in [-0.39, 0.29) is 18.6 Å². The number of nitrogens with one attached hydrogen (secondary N) is 1. The highest BCUT2D eigenvalue weighted by Gasteiger charge is 2.23. The van der Waals surface area contributed by atoms with E-state index in [9.17, 15) is 14.4 Å². The van der Waals surface area contributed by atoms with Crippen molar-refractivity contribution in [2.75, 3.05) is 7.11 Å². The van der Waals surface area contributed by atoms with Gasteiger partial charge in [0.05, 0.1) is 13.5 Å². The van der Waals surface area contributed by atoms with Gasteiger partial charge in [-0.1, -0.05) is 18.2 Å². The van der Waals surface area contributed by atoms with Crippen molar-refractivity contribution < 1.29 is 23.9 Å². The number of carbonyl (C=O) groups excluding carboxylic acids is 3. The Morgan fingerprint density at radius 1 is 1.32 bits per heavy atom. The summed E-state index contributed by atoms with van der Waals surface area (Å²) in [5, 5.41) is 2.09. The summed E-state index contributed by atoms with van der Waals surface area (Å²) in [6, 6.07) is 5.67. The average Bonchev–Trinajstić information content (AvgIpc) is 2.91. The summed E-state index contributed by atoms with van der Waals surface area (Å²) in [5.74, 6) is -0.872. The zero-order chi connectivity index (χ0) is 18.2. The van der Waals surface area contributed by atoms with Gasteiger partial charge in [-0.3, -0.25) is 19.7 Å². The molecule has 1 aliphatic heterocycles. The monoisotopic (exact) mass is 343 g/mol. The molecule has 0 fully saturated rings. The van der Waals surface area contributed by atoms with Crippen LogP contribution in [-0.4, -0.2) is 24.9 Å². The van der Waals surface area contributed by atoms with Crippen molar-refractivity contribution in [3.63, 3.8) is 0 Å². The number of hydrogen-bond acceptors (Lipinski definition) is 5. The molecule has 0 unspecified atom stereocenters. The molecule has 6 nitrogen and oxygen atoms in total. The number of unbranched alkanes of at least 4 members (excludes halogenated alkanes) is 1. The highest BCUT2D eigenvalue weighted by Crippen LogP contribution is 2.23. The van der Waals surface area contributed by atoms with Gasteiger partial charge in [0, 0.05) is 11.6 Å². The maximum Gasteiger partial charge on any atom is 0.310 e. The van der Waals surface area contributed by atoms with Crippen LogP contribution in [0.5, 0.6) is 5.75 Å². The van der Waals surface area contributed by atoms with Crippen LogP contribution in [0.4, 0.5) is 0 Å². The van der Waals surface area contributed by atoms with Gasteiger partial charge in [-0.2, -0.15) is 0 Å². The lowest BCUT2D eigenvalue weighted by atomic mass is 10.0. The molecule has 0 saturated heterocycles. The molecule has 1 aliphatic rings. The number of imide groups is 1. The summed E-state index contributed by atoms with van der Waals surface area (Å²) in [4.78, 5) is 34.3. The predicted molar refractivity (Wildman–Crippen MR) is 91.8 cm³/mol. The minimum absolute atomic E-state index is 0.0744. The molecule has 0 aromatic heterocycles. The number of methoxy groups -OCH3 is 1. The van der Waals surface area contributed by atoms with Crippen molar-refractivity contribution in [1.82, 2.24) is 5.32 Å². The normalized spacial score (nSPS) is 13.2. The van der Waals surface area contributed by atoms with Gasteiger partial charge < -0.3 is 9.47 Å². The lowest BCUT2D eigenvalue weighted by molar-refractivity contribution is -0.144. The lowest BCUT2D eigenvalue weighted by Crippen LogP contribution is -2.23. The molecule has 1 N–H and O–H groups in total. The van der Waals surface area contributed by atoms with E-state index in [0.29, 0.717) is 0 Å². The van der Waals surface area contributed by atoms with Crippen molar-refractivity contribution in [2.24, 2.45) is 0 Å². The maximum atomic E-state index is 11.8. The number of carbonyl (C=O) groups is 3. The fourth-order valence-corrected chi connectivity index (χ4v) is 2.48. The third-order valence-corrected chi connectivity index (χ3v) is 3.77. The van der Waals surface area contributed by atoms with Crippen molar-refractivity contribution >= 4 is 17.8 Å². The first-order valence-corrected chi connectivity index (χ1v) is 8.01. The van der Waals surface area contributed by atoms with Crippen LogP contribution in [0.1, 0.15) is 30.4 Å². The second-order valence-corrected chi connectivity index (χ2v) is 5.65. The van der Waals surface area contributed by atoms with E-state index in [1.165, 1.54) is 0 Å². The molecular weight excluding hydrogens is 322 g/mol. The van der Waals surface area contributed by atoms with Crippen LogP contribution in [0.15, 0.2) is 42.5 Å². The topological polar surface area (TPSA) is 81.7 Å². The first kappa shape index (κ1) is 18.4. The summed E-state index contributed by atoms with van der Waals surface area (Å²) in [6.45, 7) is 3.78. The van der Waals surface area contributed by atoms with Crippen LogP contribution in [0, 0.1) is 0 Å². The van der Waals surface area contributed by atoms with E-state index in [1.54, 1.807) is 7.11 Å². The zero-order valence-electron chi connectivity index (χ0n) is 14.2. The number of esters is 1. The second kappa shape index (κ2) is 8.82. The summed E-state index contributed by atoms with van der Waals surface area (Å²) in [5.41, 5.74) is 1.99. The highest BCUT2D eigenvalue weighted by atomic mass is 16.5. The standard InChI is InChI=1S/C19H21NO5/c1-3-4-5-6-14-8-7-13(9-16(14)24-2)12-25-18(22)11-15-10-17(21)20-19(15)23/h3,7-10H,1,4-6,11-12H2,2H3,(H,20,21,23). The smallest absolute Gasteiger partial charge is 0.310 e. The van der Waals surface area contributed by atoms with Crippen LogP contribution in [0.2, 0.25) is 0 Å². The van der Waals surface area contributed by atoms with Gasteiger partial charge in [0.15, 0.2) is 0 Å². The molecule has 0 saturated carbocycles. The predicted octanol–water partition coefficient (Wildman–Crippen LogP) is 2.22. The Labute approximate surface area is 146 Å². The first-order chi connectivity index (χ1) is 12.0. The van der Waals surface area contributed by atoms with E-state index >= 15 is 0 Å². The van der Waals surface area contributed by atoms with Crippen molar-refractivity contribution in [1.29, 1.82) is 0 Å². The fraction of sp³-hybridized carbons (Fsp3) is 0.316. The average molecular weight is 343 g/mol. The molecular formula is C19H21NO5. The molecule has 2 rings (SSSR count). The number of amides is 2. The van der Waals surface area contributed by atoms with Crippen molar-refractivity contribution in [3.05, 3.63) is 53.6 Å². The number of hydrogen-bond donors (Lipinski definition) is 1. The SMILES string of the molecule is C=CCCCc1ccc(COC(=O)CC2=CC(=O)NC2=O)cc1OC. The lowest BCUT2D eigenvalue weighted by Gasteiger charge is -2.11. The number of benzene rings is 1. The number of ether oxygens (including phenoxy) is 2. The zero-order valence-corrected chi connectivity index (χ0v) is 14.2. The molecule has 6 heteroatoms. The van der Waals surface area contributed by atoms with Gasteiger partial charge in [0.2, 0.25) is 0 Å². The summed E-state index contributed by atoms with van der Waals surface area (Å²) in [6.07, 6.45) is 5.58. The highest BCUT2D eigenvalue weighted by molar-refractivity contribution is 6.17. The number of allylic oxidation sites excluding steroid dienone is 1. The van der Waals surface area contributed by atoms with Crippen LogP contribution in [0.25, 0.3) is 0 Å². The van der Waals surface area contributed by atoms with Gasteiger partial charge >= 0.3 is 5.97 Å². The van der Waals surface area contributed by atoms with E-state index in [1.807, 2.05) is 24.3 Å². The Morgan fingerprint density at radius 3 is 2.76 bits per heavy atom. The molecule has 25 heavy (non-hydrogen) atoms. The van der Waals surface area contributed by atoms with E-state index in [4.69, 9.17) is 9.47 Å². The van der Waals surface area contributed by atoms with Crippen LogP contribution in [0.3, 0.4) is 0 Å². The van der Waals surface area contributed by atoms with Gasteiger partial charge in [-0.15, -0.1) is 6.58 Å². The Hall–Kier alpha value is -2.89. The molecule has 1 heterocycles. The minimum atomic E-state index is -0.565. The van der Waals surface area contributed by atoms with Gasteiger partial charge in [-0.05, 0) is 36.5 Å². The van der Waals surface area contributed by atoms with E-state index in [2.05, 4.69) is 11.9 Å². The Balaban J connectivity index is 1.90. The summed E-state index contributed by atoms with van der Waals surface area (Å²) in [7, 11) is 1.60. The van der Waals surface area contributed by atoms with Crippen LogP contribution < -0.4 is 10.1 Å². The van der Waals surface area contributed by atoms with E-state index < -0.39 is 17.8 Å². The molecule has 0 atom stereocenters. The quantitative estimate of drug-likeness (QED) is 0.322. The van der Waals surface area contributed by atoms with Crippen LogP contribution in [-0.2, 0) is 32.1 Å². The molecule has 0 aliphatic carbocycles. The molecule has 132 valence electrons. The van der Waals surface area contributed by atoms with Gasteiger partial charge in [0.1, 0.15) is 12.4 Å². The Morgan fingerprint density at radius 2 is 2.12 bits per heavy atom. The van der Waals surface area contributed by atoms with Gasteiger partial charge in [0.25, 0.3) is 11.8 Å². The Kier molecular flexibility index (Phi) is 6.51. The van der Waals surface area contributed by atoms with E-state index in [0.717, 1.165) is 42.2 Å². The molecule has 0 spiro atoms. The second-order valence-electron chi connectivity index (χ2n) is 5.65. The molecule has 0 bridgehead atoms. The molecule has 1 aromatic rings. The van der Waals surface area contributed by atoms with Gasteiger partial charge in [-0.25, -0.2) is 0 Å². The third-order valence-electron chi connectivity index (χ3n) is 3.77. The minimum Gasteiger partial charge on any atom is -0.496 e. The molecule has 1 aromatic carbocycles. The maximum absolute atomic E-state index is 11.8. The third kappa shape index (κ3) is 5.31. The summed E-state index contributed by atoms with van der Waals surface area (Å²) < 4.78 is 10.6.